The fourth-order valence-electron chi connectivity index (χ4n) is 8.31. The first kappa shape index (κ1) is 33.2. The maximum absolute atomic E-state index is 14.1. The Kier molecular flexibility index (Phi) is 8.87. The highest BCUT2D eigenvalue weighted by Crippen LogP contribution is 2.61. The van der Waals surface area contributed by atoms with Gasteiger partial charge in [0, 0.05) is 68.5 Å². The zero-order chi connectivity index (χ0) is 33.9. The number of carbonyl (C=O) groups excluding carboxylic acids is 1. The van der Waals surface area contributed by atoms with E-state index in [4.69, 9.17) is 33.2 Å². The number of nitrogens with zero attached hydrogens (tertiary/aromatic N) is 6. The van der Waals surface area contributed by atoms with Crippen LogP contribution in [0.1, 0.15) is 46.1 Å². The van der Waals surface area contributed by atoms with Gasteiger partial charge in [0.15, 0.2) is 5.96 Å². The van der Waals surface area contributed by atoms with Crippen molar-refractivity contribution in [2.24, 2.45) is 28.2 Å². The molecular weight excluding hydrogens is 649 g/mol. The molecule has 3 aromatic rings. The summed E-state index contributed by atoms with van der Waals surface area (Å²) < 4.78 is 1.73. The van der Waals surface area contributed by atoms with Crippen molar-refractivity contribution in [1.82, 2.24) is 19.4 Å². The monoisotopic (exact) mass is 693 g/mol. The summed E-state index contributed by atoms with van der Waals surface area (Å²) in [5.74, 6) is 3.24. The number of piperazine rings is 1. The zero-order valence-corrected chi connectivity index (χ0v) is 29.6. The van der Waals surface area contributed by atoms with Gasteiger partial charge >= 0.3 is 0 Å². The first-order valence-corrected chi connectivity index (χ1v) is 17.9. The molecule has 5 fully saturated rings. The lowest BCUT2D eigenvalue weighted by Gasteiger charge is -2.61. The average Bonchev–Trinajstić information content (AvgIpc) is 3.03. The number of aliphatic imine (C=N–C) groups is 1. The maximum atomic E-state index is 14.1. The number of likely N-dealkylation sites (tertiary alicyclic amines) is 1. The van der Waals surface area contributed by atoms with Gasteiger partial charge in [0.1, 0.15) is 0 Å². The van der Waals surface area contributed by atoms with Crippen LogP contribution in [-0.2, 0) is 17.8 Å². The third-order valence-electron chi connectivity index (χ3n) is 11.6. The number of β-amino-alcohol motifs (C(OH)–C–C–N with tert-alkyl or cyclic N) is 1. The highest BCUT2D eigenvalue weighted by atomic mass is 35.5. The molecule has 48 heavy (non-hydrogen) atoms. The average molecular weight is 695 g/mol. The number of benzene rings is 2. The van der Waals surface area contributed by atoms with E-state index in [1.165, 1.54) is 6.42 Å². The fourth-order valence-corrected chi connectivity index (χ4v) is 8.81. The van der Waals surface area contributed by atoms with Crippen LogP contribution in [0.5, 0.6) is 0 Å². The topological polar surface area (TPSA) is 106 Å². The van der Waals surface area contributed by atoms with E-state index in [9.17, 15) is 14.7 Å². The van der Waals surface area contributed by atoms with E-state index in [-0.39, 0.29) is 23.6 Å². The molecule has 1 amide bonds. The van der Waals surface area contributed by atoms with Gasteiger partial charge in [-0.2, -0.15) is 0 Å². The summed E-state index contributed by atoms with van der Waals surface area (Å²) in [5.41, 5.74) is 2.53. The van der Waals surface area contributed by atoms with Gasteiger partial charge in [-0.3, -0.25) is 14.2 Å². The summed E-state index contributed by atoms with van der Waals surface area (Å²) in [7, 11) is 0. The van der Waals surface area contributed by atoms with E-state index in [2.05, 4.69) is 35.9 Å². The number of aryl methyl sites for hydroxylation is 1. The SMILES string of the molecule is CC(=O)N1CCN(c2nc3cc(NC(=NC4C[C@@H]5C[C@H]([C@@H]4C)C5(C)C)N4CC(O)C4)ccc3c(=O)n2CCc2ccc(Cl)cc2Cl)CC1. The molecule has 8 rings (SSSR count). The van der Waals surface area contributed by atoms with Crippen LogP contribution in [0.4, 0.5) is 11.6 Å². The number of halogens is 2. The van der Waals surface area contributed by atoms with Crippen molar-refractivity contribution >= 4 is 57.6 Å². The first-order valence-electron chi connectivity index (χ1n) is 17.2. The van der Waals surface area contributed by atoms with Gasteiger partial charge in [-0.15, -0.1) is 0 Å². The van der Waals surface area contributed by atoms with Gasteiger partial charge in [-0.1, -0.05) is 50.0 Å². The van der Waals surface area contributed by atoms with Crippen molar-refractivity contribution in [3.05, 3.63) is 62.4 Å². The summed E-state index contributed by atoms with van der Waals surface area (Å²) in [6, 6.07) is 11.3. The van der Waals surface area contributed by atoms with Gasteiger partial charge in [-0.25, -0.2) is 9.98 Å². The van der Waals surface area contributed by atoms with E-state index in [0.717, 1.165) is 23.6 Å². The molecule has 1 unspecified atom stereocenters. The van der Waals surface area contributed by atoms with Crippen molar-refractivity contribution in [2.75, 3.05) is 49.5 Å². The summed E-state index contributed by atoms with van der Waals surface area (Å²) in [6.07, 6.45) is 2.53. The third-order valence-corrected chi connectivity index (χ3v) is 12.2. The van der Waals surface area contributed by atoms with Gasteiger partial charge in [0.05, 0.1) is 23.0 Å². The summed E-state index contributed by atoms with van der Waals surface area (Å²) in [4.78, 5) is 42.6. The Balaban J connectivity index is 1.20. The van der Waals surface area contributed by atoms with E-state index < -0.39 is 0 Å². The van der Waals surface area contributed by atoms with E-state index in [0.29, 0.717) is 102 Å². The molecule has 5 aliphatic rings. The van der Waals surface area contributed by atoms with Crippen molar-refractivity contribution in [3.8, 4) is 0 Å². The second-order valence-corrected chi connectivity index (χ2v) is 15.6. The number of fused-ring (bicyclic) bond motifs is 3. The number of amides is 1. The lowest BCUT2D eigenvalue weighted by atomic mass is 9.45. The van der Waals surface area contributed by atoms with Crippen LogP contribution in [0.3, 0.4) is 0 Å². The first-order chi connectivity index (χ1) is 22.9. The number of carbonyl (C=O) groups is 1. The minimum Gasteiger partial charge on any atom is -0.389 e. The molecule has 256 valence electrons. The zero-order valence-electron chi connectivity index (χ0n) is 28.1. The Hall–Kier alpha value is -3.34. The number of hydrogen-bond donors (Lipinski definition) is 2. The Morgan fingerprint density at radius 3 is 2.46 bits per heavy atom. The van der Waals surface area contributed by atoms with E-state index in [1.807, 2.05) is 29.2 Å². The summed E-state index contributed by atoms with van der Waals surface area (Å²) >= 11 is 12.6. The van der Waals surface area contributed by atoms with Crippen LogP contribution in [0.2, 0.25) is 10.0 Å². The van der Waals surface area contributed by atoms with Crippen molar-refractivity contribution in [1.29, 1.82) is 0 Å². The van der Waals surface area contributed by atoms with Crippen molar-refractivity contribution < 1.29 is 9.90 Å². The molecule has 3 aliphatic carbocycles. The largest absolute Gasteiger partial charge is 0.389 e. The number of aliphatic hydroxyl groups excluding tert-OH is 1. The summed E-state index contributed by atoms with van der Waals surface area (Å²) in [6.45, 7) is 12.4. The number of aromatic nitrogens is 2. The highest BCUT2D eigenvalue weighted by Gasteiger charge is 2.56. The number of guanidine groups is 1. The molecule has 3 saturated carbocycles. The molecule has 1 aromatic heterocycles. The predicted molar refractivity (Wildman–Crippen MR) is 192 cm³/mol. The maximum Gasteiger partial charge on any atom is 0.262 e. The lowest BCUT2D eigenvalue weighted by Crippen LogP contribution is -2.58. The molecule has 2 N–H and O–H groups in total. The Labute approximate surface area is 291 Å². The van der Waals surface area contributed by atoms with Gasteiger partial charge in [-0.05, 0) is 78.3 Å². The quantitative estimate of drug-likeness (QED) is 0.273. The van der Waals surface area contributed by atoms with Gasteiger partial charge in [0.2, 0.25) is 11.9 Å². The normalized spacial score (nSPS) is 25.6. The molecule has 2 aromatic carbocycles. The smallest absolute Gasteiger partial charge is 0.262 e. The molecule has 12 heteroatoms. The summed E-state index contributed by atoms with van der Waals surface area (Å²) in [5, 5.41) is 15.3. The highest BCUT2D eigenvalue weighted by molar-refractivity contribution is 6.35. The second-order valence-electron chi connectivity index (χ2n) is 14.7. The van der Waals surface area contributed by atoms with Crippen LogP contribution in [0.25, 0.3) is 10.9 Å². The van der Waals surface area contributed by atoms with Gasteiger partial charge in [0.25, 0.3) is 5.56 Å². The molecule has 2 saturated heterocycles. The van der Waals surface area contributed by atoms with Crippen LogP contribution >= 0.6 is 23.2 Å². The Bertz CT molecular complexity index is 1810. The molecule has 4 atom stereocenters. The molecule has 2 aliphatic heterocycles. The second kappa shape index (κ2) is 12.8. The van der Waals surface area contributed by atoms with Crippen LogP contribution < -0.4 is 15.8 Å². The number of hydrogen-bond acceptors (Lipinski definition) is 6. The molecule has 3 heterocycles. The van der Waals surface area contributed by atoms with E-state index in [1.54, 1.807) is 23.6 Å². The lowest BCUT2D eigenvalue weighted by molar-refractivity contribution is -0.129. The number of anilines is 2. The minimum absolute atomic E-state index is 0.0437. The number of nitrogens with one attached hydrogen (secondary N) is 1. The molecule has 10 nitrogen and oxygen atoms in total. The predicted octanol–water partition coefficient (Wildman–Crippen LogP) is 5.13. The van der Waals surface area contributed by atoms with Crippen LogP contribution in [-0.4, -0.2) is 87.7 Å². The van der Waals surface area contributed by atoms with Crippen molar-refractivity contribution in [2.45, 2.75) is 65.6 Å². The standard InChI is InChI=1S/C36H45Cl2N7O3/c1-21-29-15-24(36(29,3)4)16-31(21)40-34(44-19-27(47)20-44)39-26-7-8-28-32(18-26)41-35(43-13-11-42(12-14-43)22(2)46)45(33(28)48)10-9-23-5-6-25(37)17-30(23)38/h5-8,17-18,21,24,27,29,31,47H,9-16,19-20H2,1-4H3,(H,39,40)/t21-,24-,29+,31?/m0/s1. The van der Waals surface area contributed by atoms with Gasteiger partial charge < -0.3 is 25.1 Å². The molecule has 0 spiro atoms. The molecular formula is C36H45Cl2N7O3. The molecule has 2 bridgehead atoms. The number of rotatable bonds is 6. The Morgan fingerprint density at radius 2 is 1.81 bits per heavy atom. The third kappa shape index (κ3) is 6.16. The fraction of sp³-hybridized carbons (Fsp3) is 0.556. The molecule has 0 radical (unpaired) electrons. The van der Waals surface area contributed by atoms with Crippen LogP contribution in [0.15, 0.2) is 46.2 Å². The van der Waals surface area contributed by atoms with E-state index >= 15 is 0 Å². The van der Waals surface area contributed by atoms with Crippen LogP contribution in [0, 0.1) is 23.2 Å². The van der Waals surface area contributed by atoms with Crippen molar-refractivity contribution in [3.63, 3.8) is 0 Å². The minimum atomic E-state index is -0.362. The Morgan fingerprint density at radius 1 is 1.06 bits per heavy atom. The number of aliphatic hydroxyl groups is 1.